The van der Waals surface area contributed by atoms with E-state index in [1.54, 1.807) is 12.1 Å². The van der Waals surface area contributed by atoms with E-state index in [9.17, 15) is 0 Å². The average Bonchev–Trinajstić information content (AvgIpc) is 2.09. The molecule has 0 aliphatic carbocycles. The Hall–Kier alpha value is -0.570. The van der Waals surface area contributed by atoms with Crippen molar-refractivity contribution in [2.24, 2.45) is 0 Å². The maximum Gasteiger partial charge on any atom is 0.0696 e. The van der Waals surface area contributed by atoms with Crippen LogP contribution in [-0.2, 0) is 13.0 Å². The molecule has 0 aromatic heterocycles. The van der Waals surface area contributed by atoms with Crippen molar-refractivity contribution in [2.45, 2.75) is 13.0 Å². The number of aliphatic hydroxyl groups is 2. The minimum atomic E-state index is -0.0574. The van der Waals surface area contributed by atoms with Crippen molar-refractivity contribution >= 4 is 11.6 Å². The highest BCUT2D eigenvalue weighted by Gasteiger charge is 1.99. The van der Waals surface area contributed by atoms with Gasteiger partial charge in [-0.25, -0.2) is 0 Å². The molecule has 0 heterocycles. The number of rotatable bonds is 3. The van der Waals surface area contributed by atoms with E-state index < -0.39 is 0 Å². The second kappa shape index (κ2) is 4.45. The van der Waals surface area contributed by atoms with Crippen LogP contribution in [0.1, 0.15) is 11.1 Å². The third kappa shape index (κ3) is 2.21. The molecule has 0 radical (unpaired) electrons. The second-order valence-electron chi connectivity index (χ2n) is 2.56. The lowest BCUT2D eigenvalue weighted by atomic mass is 10.1. The van der Waals surface area contributed by atoms with E-state index in [4.69, 9.17) is 21.8 Å². The van der Waals surface area contributed by atoms with Crippen molar-refractivity contribution in [1.82, 2.24) is 0 Å². The van der Waals surface area contributed by atoms with Gasteiger partial charge >= 0.3 is 0 Å². The lowest BCUT2D eigenvalue weighted by Crippen LogP contribution is -1.93. The smallest absolute Gasteiger partial charge is 0.0696 e. The first-order valence-electron chi connectivity index (χ1n) is 3.77. The maximum atomic E-state index is 8.86. The van der Waals surface area contributed by atoms with Gasteiger partial charge < -0.3 is 10.2 Å². The zero-order valence-corrected chi connectivity index (χ0v) is 7.38. The standard InChI is InChI=1S/C9H11ClO2/c10-9-2-1-7(3-4-11)5-8(9)6-12/h1-2,5,11-12H,3-4,6H2. The van der Waals surface area contributed by atoms with Crippen LogP contribution in [0.4, 0.5) is 0 Å². The third-order valence-electron chi connectivity index (χ3n) is 1.68. The van der Waals surface area contributed by atoms with Crippen molar-refractivity contribution in [2.75, 3.05) is 6.61 Å². The number of halogens is 1. The van der Waals surface area contributed by atoms with Crippen molar-refractivity contribution < 1.29 is 10.2 Å². The van der Waals surface area contributed by atoms with Gasteiger partial charge in [0.15, 0.2) is 0 Å². The van der Waals surface area contributed by atoms with Crippen LogP contribution < -0.4 is 0 Å². The molecule has 1 rings (SSSR count). The predicted molar refractivity (Wildman–Crippen MR) is 48.2 cm³/mol. The zero-order valence-electron chi connectivity index (χ0n) is 6.63. The van der Waals surface area contributed by atoms with Gasteiger partial charge in [-0.3, -0.25) is 0 Å². The highest BCUT2D eigenvalue weighted by atomic mass is 35.5. The monoisotopic (exact) mass is 186 g/mol. The quantitative estimate of drug-likeness (QED) is 0.749. The Kier molecular flexibility index (Phi) is 3.53. The molecule has 0 aliphatic rings. The Morgan fingerprint density at radius 1 is 1.25 bits per heavy atom. The van der Waals surface area contributed by atoms with E-state index in [-0.39, 0.29) is 13.2 Å². The Bertz CT molecular complexity index is 261. The molecule has 66 valence electrons. The second-order valence-corrected chi connectivity index (χ2v) is 2.96. The fourth-order valence-corrected chi connectivity index (χ4v) is 1.21. The molecule has 12 heavy (non-hydrogen) atoms. The van der Waals surface area contributed by atoms with E-state index in [0.717, 1.165) is 5.56 Å². The predicted octanol–water partition coefficient (Wildman–Crippen LogP) is 1.37. The van der Waals surface area contributed by atoms with Gasteiger partial charge in [0.2, 0.25) is 0 Å². The largest absolute Gasteiger partial charge is 0.396 e. The van der Waals surface area contributed by atoms with Gasteiger partial charge in [-0.2, -0.15) is 0 Å². The van der Waals surface area contributed by atoms with E-state index in [1.165, 1.54) is 0 Å². The van der Waals surface area contributed by atoms with Crippen LogP contribution in [0.25, 0.3) is 0 Å². The van der Waals surface area contributed by atoms with E-state index in [2.05, 4.69) is 0 Å². The van der Waals surface area contributed by atoms with E-state index >= 15 is 0 Å². The molecular formula is C9H11ClO2. The van der Waals surface area contributed by atoms with Crippen molar-refractivity contribution in [3.8, 4) is 0 Å². The van der Waals surface area contributed by atoms with Crippen LogP contribution in [0, 0.1) is 0 Å². The fraction of sp³-hybridized carbons (Fsp3) is 0.333. The Morgan fingerprint density at radius 3 is 2.58 bits per heavy atom. The summed E-state index contributed by atoms with van der Waals surface area (Å²) in [5.74, 6) is 0. The first kappa shape index (κ1) is 9.52. The number of hydrogen-bond donors (Lipinski definition) is 2. The van der Waals surface area contributed by atoms with Crippen LogP contribution in [0.15, 0.2) is 18.2 Å². The fourth-order valence-electron chi connectivity index (χ4n) is 1.03. The lowest BCUT2D eigenvalue weighted by molar-refractivity contribution is 0.281. The van der Waals surface area contributed by atoms with Crippen LogP contribution in [0.3, 0.4) is 0 Å². The Labute approximate surface area is 76.4 Å². The third-order valence-corrected chi connectivity index (χ3v) is 2.05. The first-order chi connectivity index (χ1) is 5.77. The molecule has 0 atom stereocenters. The summed E-state index contributed by atoms with van der Waals surface area (Å²) >= 11 is 5.77. The van der Waals surface area contributed by atoms with Crippen LogP contribution >= 0.6 is 11.6 Å². The molecule has 1 aromatic carbocycles. The van der Waals surface area contributed by atoms with Crippen molar-refractivity contribution in [1.29, 1.82) is 0 Å². The molecule has 0 amide bonds. The normalized spacial score (nSPS) is 10.2. The Balaban J connectivity index is 2.89. The molecule has 2 N–H and O–H groups in total. The van der Waals surface area contributed by atoms with E-state index in [1.807, 2.05) is 6.07 Å². The van der Waals surface area contributed by atoms with Crippen LogP contribution in [-0.4, -0.2) is 16.8 Å². The molecule has 0 bridgehead atoms. The van der Waals surface area contributed by atoms with Crippen LogP contribution in [0.5, 0.6) is 0 Å². The summed E-state index contributed by atoms with van der Waals surface area (Å²) in [6, 6.07) is 5.38. The van der Waals surface area contributed by atoms with Gasteiger partial charge in [-0.1, -0.05) is 23.7 Å². The summed E-state index contributed by atoms with van der Waals surface area (Å²) in [7, 11) is 0. The summed E-state index contributed by atoms with van der Waals surface area (Å²) in [5.41, 5.74) is 1.70. The summed E-state index contributed by atoms with van der Waals surface area (Å²) < 4.78 is 0. The summed E-state index contributed by atoms with van der Waals surface area (Å²) in [6.07, 6.45) is 0.601. The molecule has 0 spiro atoms. The first-order valence-corrected chi connectivity index (χ1v) is 4.14. The SMILES string of the molecule is OCCc1ccc(Cl)c(CO)c1. The molecule has 1 aromatic rings. The average molecular weight is 187 g/mol. The number of aliphatic hydroxyl groups excluding tert-OH is 2. The van der Waals surface area contributed by atoms with Gasteiger partial charge in [0.25, 0.3) is 0 Å². The highest BCUT2D eigenvalue weighted by molar-refractivity contribution is 6.31. The van der Waals surface area contributed by atoms with Crippen LogP contribution in [0.2, 0.25) is 5.02 Å². The lowest BCUT2D eigenvalue weighted by Gasteiger charge is -2.03. The summed E-state index contributed by atoms with van der Waals surface area (Å²) in [5, 5.41) is 18.1. The zero-order chi connectivity index (χ0) is 8.97. The van der Waals surface area contributed by atoms with Gasteiger partial charge in [-0.05, 0) is 23.6 Å². The molecule has 0 saturated carbocycles. The van der Waals surface area contributed by atoms with Gasteiger partial charge in [-0.15, -0.1) is 0 Å². The van der Waals surface area contributed by atoms with Gasteiger partial charge in [0.05, 0.1) is 6.61 Å². The van der Waals surface area contributed by atoms with E-state index in [0.29, 0.717) is 17.0 Å². The Morgan fingerprint density at radius 2 is 2.00 bits per heavy atom. The van der Waals surface area contributed by atoms with Gasteiger partial charge in [0.1, 0.15) is 0 Å². The molecule has 0 fully saturated rings. The number of hydrogen-bond acceptors (Lipinski definition) is 2. The molecule has 3 heteroatoms. The molecular weight excluding hydrogens is 176 g/mol. The maximum absolute atomic E-state index is 8.86. The summed E-state index contributed by atoms with van der Waals surface area (Å²) in [6.45, 7) is 0.0601. The van der Waals surface area contributed by atoms with Crippen molar-refractivity contribution in [3.05, 3.63) is 34.3 Å². The van der Waals surface area contributed by atoms with Crippen molar-refractivity contribution in [3.63, 3.8) is 0 Å². The molecule has 2 nitrogen and oxygen atoms in total. The minimum Gasteiger partial charge on any atom is -0.396 e. The summed E-state index contributed by atoms with van der Waals surface area (Å²) in [4.78, 5) is 0. The minimum absolute atomic E-state index is 0.0574. The molecule has 0 saturated heterocycles. The number of benzene rings is 1. The van der Waals surface area contributed by atoms with Gasteiger partial charge in [0, 0.05) is 11.6 Å². The topological polar surface area (TPSA) is 40.5 Å². The molecule has 0 unspecified atom stereocenters. The highest BCUT2D eigenvalue weighted by Crippen LogP contribution is 2.17. The molecule has 0 aliphatic heterocycles.